The van der Waals surface area contributed by atoms with E-state index >= 15 is 0 Å². The first-order valence-corrected chi connectivity index (χ1v) is 9.38. The van der Waals surface area contributed by atoms with Gasteiger partial charge in [0, 0.05) is 12.8 Å². The highest BCUT2D eigenvalue weighted by Gasteiger charge is 2.13. The van der Waals surface area contributed by atoms with Gasteiger partial charge in [-0.3, -0.25) is 9.98 Å². The molecule has 0 N–H and O–H groups in total. The summed E-state index contributed by atoms with van der Waals surface area (Å²) >= 11 is 0. The summed E-state index contributed by atoms with van der Waals surface area (Å²) in [6.07, 6.45) is 3.62. The third-order valence-electron chi connectivity index (χ3n) is 4.84. The van der Waals surface area contributed by atoms with Crippen LogP contribution >= 0.6 is 0 Å². The maximum Gasteiger partial charge on any atom is 0.183 e. The minimum atomic E-state index is 0.728. The van der Waals surface area contributed by atoms with Crippen LogP contribution in [0.5, 0.6) is 0 Å². The molecular formula is C22H24N2O2. The van der Waals surface area contributed by atoms with E-state index in [2.05, 4.69) is 58.5 Å². The number of hydrogen-bond acceptors (Lipinski definition) is 4. The Kier molecular flexibility index (Phi) is 5.29. The Morgan fingerprint density at radius 2 is 1.08 bits per heavy atom. The van der Waals surface area contributed by atoms with Crippen LogP contribution in [0.3, 0.4) is 0 Å². The molecular weight excluding hydrogens is 324 g/mol. The summed E-state index contributed by atoms with van der Waals surface area (Å²) in [5.41, 5.74) is 5.28. The summed E-state index contributed by atoms with van der Waals surface area (Å²) < 4.78 is 11.1. The second-order valence-electron chi connectivity index (χ2n) is 6.56. The molecule has 0 bridgehead atoms. The molecule has 2 aliphatic rings. The summed E-state index contributed by atoms with van der Waals surface area (Å²) in [4.78, 5) is 8.82. The molecule has 4 heteroatoms. The number of benzene rings is 2. The predicted molar refractivity (Wildman–Crippen MR) is 105 cm³/mol. The quantitative estimate of drug-likeness (QED) is 0.757. The van der Waals surface area contributed by atoms with Gasteiger partial charge in [0.1, 0.15) is 13.2 Å². The minimum absolute atomic E-state index is 0.728. The molecule has 134 valence electrons. The number of aliphatic imine (C=N–C) groups is 2. The van der Waals surface area contributed by atoms with Gasteiger partial charge in [-0.25, -0.2) is 0 Å². The van der Waals surface area contributed by atoms with Gasteiger partial charge in [-0.2, -0.15) is 0 Å². The summed E-state index contributed by atoms with van der Waals surface area (Å²) in [5.74, 6) is 1.79. The molecule has 0 saturated heterocycles. The van der Waals surface area contributed by atoms with Gasteiger partial charge >= 0.3 is 0 Å². The lowest BCUT2D eigenvalue weighted by atomic mass is 9.91. The maximum absolute atomic E-state index is 5.56. The molecule has 0 saturated carbocycles. The monoisotopic (exact) mass is 348 g/mol. The first kappa shape index (κ1) is 16.8. The second-order valence-corrected chi connectivity index (χ2v) is 6.56. The van der Waals surface area contributed by atoms with Crippen molar-refractivity contribution in [1.29, 1.82) is 0 Å². The van der Waals surface area contributed by atoms with Crippen molar-refractivity contribution in [2.75, 3.05) is 26.3 Å². The van der Waals surface area contributed by atoms with Gasteiger partial charge < -0.3 is 9.47 Å². The Hall–Kier alpha value is -2.62. The van der Waals surface area contributed by atoms with Crippen LogP contribution in [-0.2, 0) is 22.3 Å². The SMILES string of the molecule is c1ccc(-c2ccccc2CCC2=NCCO2)c(CCC2=NCCO2)c1. The van der Waals surface area contributed by atoms with Crippen molar-refractivity contribution in [2.24, 2.45) is 9.98 Å². The van der Waals surface area contributed by atoms with Gasteiger partial charge in [0.2, 0.25) is 0 Å². The van der Waals surface area contributed by atoms with Gasteiger partial charge in [-0.15, -0.1) is 0 Å². The molecule has 0 fully saturated rings. The van der Waals surface area contributed by atoms with Gasteiger partial charge in [0.25, 0.3) is 0 Å². The molecule has 26 heavy (non-hydrogen) atoms. The molecule has 0 radical (unpaired) electrons. The zero-order valence-corrected chi connectivity index (χ0v) is 15.0. The largest absolute Gasteiger partial charge is 0.479 e. The van der Waals surface area contributed by atoms with Crippen molar-refractivity contribution >= 4 is 11.8 Å². The molecule has 0 amide bonds. The number of hydrogen-bond donors (Lipinski definition) is 0. The highest BCUT2D eigenvalue weighted by atomic mass is 16.5. The standard InChI is InChI=1S/C22H24N2O2/c1-3-7-19(17(5-1)9-11-21-23-13-15-25-21)20-8-4-2-6-18(20)10-12-22-24-14-16-26-22/h1-8H,9-16H2. The number of ether oxygens (including phenoxy) is 2. The van der Waals surface area contributed by atoms with Crippen molar-refractivity contribution in [3.63, 3.8) is 0 Å². The Bertz CT molecular complexity index is 757. The Morgan fingerprint density at radius 1 is 0.615 bits per heavy atom. The van der Waals surface area contributed by atoms with E-state index in [0.717, 1.165) is 63.8 Å². The van der Waals surface area contributed by atoms with E-state index in [4.69, 9.17) is 9.47 Å². The number of nitrogens with zero attached hydrogens (tertiary/aromatic N) is 2. The molecule has 2 aromatic rings. The fourth-order valence-corrected chi connectivity index (χ4v) is 3.55. The lowest BCUT2D eigenvalue weighted by Crippen LogP contribution is -2.03. The molecule has 0 unspecified atom stereocenters. The van der Waals surface area contributed by atoms with Crippen LogP contribution in [0.4, 0.5) is 0 Å². The fourth-order valence-electron chi connectivity index (χ4n) is 3.55. The predicted octanol–water partition coefficient (Wildman–Crippen LogP) is 4.08. The number of aryl methyl sites for hydroxylation is 2. The van der Waals surface area contributed by atoms with Gasteiger partial charge in [-0.1, -0.05) is 48.5 Å². The van der Waals surface area contributed by atoms with Crippen molar-refractivity contribution < 1.29 is 9.47 Å². The van der Waals surface area contributed by atoms with Crippen LogP contribution < -0.4 is 0 Å². The Morgan fingerprint density at radius 3 is 1.50 bits per heavy atom. The van der Waals surface area contributed by atoms with E-state index in [0.29, 0.717) is 0 Å². The molecule has 0 atom stereocenters. The molecule has 0 aliphatic carbocycles. The van der Waals surface area contributed by atoms with E-state index in [-0.39, 0.29) is 0 Å². The Balaban J connectivity index is 1.54. The number of rotatable bonds is 7. The third-order valence-corrected chi connectivity index (χ3v) is 4.84. The molecule has 4 nitrogen and oxygen atoms in total. The van der Waals surface area contributed by atoms with Crippen LogP contribution in [0.1, 0.15) is 24.0 Å². The first-order valence-electron chi connectivity index (χ1n) is 9.38. The second kappa shape index (κ2) is 8.17. The molecule has 0 spiro atoms. The van der Waals surface area contributed by atoms with E-state index in [1.807, 2.05) is 0 Å². The molecule has 4 rings (SSSR count). The van der Waals surface area contributed by atoms with E-state index in [1.54, 1.807) is 0 Å². The zero-order valence-electron chi connectivity index (χ0n) is 15.0. The summed E-state index contributed by atoms with van der Waals surface area (Å²) in [6.45, 7) is 3.05. The van der Waals surface area contributed by atoms with Gasteiger partial charge in [0.05, 0.1) is 13.1 Å². The topological polar surface area (TPSA) is 43.2 Å². The van der Waals surface area contributed by atoms with E-state index in [1.165, 1.54) is 22.3 Å². The van der Waals surface area contributed by atoms with Crippen LogP contribution in [0.15, 0.2) is 58.5 Å². The highest BCUT2D eigenvalue weighted by molar-refractivity contribution is 5.79. The van der Waals surface area contributed by atoms with Crippen molar-refractivity contribution in [1.82, 2.24) is 0 Å². The van der Waals surface area contributed by atoms with Gasteiger partial charge in [-0.05, 0) is 35.1 Å². The van der Waals surface area contributed by atoms with Crippen molar-refractivity contribution in [3.05, 3.63) is 59.7 Å². The maximum atomic E-state index is 5.56. The zero-order chi connectivity index (χ0) is 17.6. The average molecular weight is 348 g/mol. The van der Waals surface area contributed by atoms with E-state index < -0.39 is 0 Å². The summed E-state index contributed by atoms with van der Waals surface area (Å²) in [6, 6.07) is 17.3. The molecule has 2 aliphatic heterocycles. The smallest absolute Gasteiger partial charge is 0.183 e. The first-order chi connectivity index (χ1) is 12.9. The van der Waals surface area contributed by atoms with Crippen LogP contribution in [-0.4, -0.2) is 38.1 Å². The lowest BCUT2D eigenvalue weighted by Gasteiger charge is -2.14. The average Bonchev–Trinajstić information content (AvgIpc) is 3.39. The molecule has 2 aromatic carbocycles. The minimum Gasteiger partial charge on any atom is -0.479 e. The van der Waals surface area contributed by atoms with E-state index in [9.17, 15) is 0 Å². The third kappa shape index (κ3) is 3.96. The normalized spacial score (nSPS) is 16.0. The summed E-state index contributed by atoms with van der Waals surface area (Å²) in [7, 11) is 0. The molecule has 2 heterocycles. The molecule has 0 aromatic heterocycles. The van der Waals surface area contributed by atoms with Crippen molar-refractivity contribution in [3.8, 4) is 11.1 Å². The van der Waals surface area contributed by atoms with Crippen LogP contribution in [0.25, 0.3) is 11.1 Å². The van der Waals surface area contributed by atoms with Crippen LogP contribution in [0.2, 0.25) is 0 Å². The van der Waals surface area contributed by atoms with Crippen molar-refractivity contribution in [2.45, 2.75) is 25.7 Å². The van der Waals surface area contributed by atoms with Crippen LogP contribution in [0, 0.1) is 0 Å². The lowest BCUT2D eigenvalue weighted by molar-refractivity contribution is 0.338. The highest BCUT2D eigenvalue weighted by Crippen LogP contribution is 2.29. The summed E-state index contributed by atoms with van der Waals surface area (Å²) in [5, 5.41) is 0. The fraction of sp³-hybridized carbons (Fsp3) is 0.364. The Labute approximate surface area is 154 Å². The van der Waals surface area contributed by atoms with Gasteiger partial charge in [0.15, 0.2) is 11.8 Å².